The number of ether oxygens (including phenoxy) is 1. The van der Waals surface area contributed by atoms with Crippen molar-refractivity contribution in [3.63, 3.8) is 0 Å². The molecule has 0 bridgehead atoms. The van der Waals surface area contributed by atoms with Crippen molar-refractivity contribution in [1.82, 2.24) is 19.7 Å². The predicted octanol–water partition coefficient (Wildman–Crippen LogP) is 1.44. The highest BCUT2D eigenvalue weighted by molar-refractivity contribution is 5.86. The van der Waals surface area contributed by atoms with Gasteiger partial charge in [-0.05, 0) is 31.9 Å². The van der Waals surface area contributed by atoms with Crippen molar-refractivity contribution in [1.29, 1.82) is 0 Å². The Morgan fingerprint density at radius 1 is 1.41 bits per heavy atom. The summed E-state index contributed by atoms with van der Waals surface area (Å²) in [6, 6.07) is 3.86. The van der Waals surface area contributed by atoms with Gasteiger partial charge in [0.15, 0.2) is 11.5 Å². The first-order chi connectivity index (χ1) is 10.7. The summed E-state index contributed by atoms with van der Waals surface area (Å²) in [5.41, 5.74) is 0.229. The lowest BCUT2D eigenvalue weighted by Gasteiger charge is -2.26. The molecule has 0 unspecified atom stereocenters. The molecule has 0 amide bonds. The number of nitrogens with zero attached hydrogens (tertiary/aromatic N) is 5. The Kier molecular flexibility index (Phi) is 4.04. The third-order valence-electron chi connectivity index (χ3n) is 4.05. The molecule has 1 saturated heterocycles. The smallest absolute Gasteiger partial charge is 0.358 e. The van der Waals surface area contributed by atoms with Crippen LogP contribution >= 0.6 is 0 Å². The third kappa shape index (κ3) is 2.79. The predicted molar refractivity (Wildman–Crippen MR) is 80.7 cm³/mol. The van der Waals surface area contributed by atoms with Crippen LogP contribution in [0.3, 0.4) is 0 Å². The lowest BCUT2D eigenvalue weighted by Crippen LogP contribution is -2.34. The number of hydrogen-bond donors (Lipinski definition) is 0. The molecule has 3 heterocycles. The zero-order valence-electron chi connectivity index (χ0n) is 12.8. The molecular weight excluding hydrogens is 282 g/mol. The van der Waals surface area contributed by atoms with Gasteiger partial charge in [-0.3, -0.25) is 0 Å². The summed E-state index contributed by atoms with van der Waals surface area (Å²) in [5, 5.41) is 8.14. The summed E-state index contributed by atoms with van der Waals surface area (Å²) in [5.74, 6) is 1.35. The average molecular weight is 301 g/mol. The van der Waals surface area contributed by atoms with E-state index in [1.54, 1.807) is 6.07 Å². The molecule has 22 heavy (non-hydrogen) atoms. The van der Waals surface area contributed by atoms with Crippen LogP contribution in [0.25, 0.3) is 0 Å². The lowest BCUT2D eigenvalue weighted by molar-refractivity contribution is 0.0592. The lowest BCUT2D eigenvalue weighted by atomic mass is 10.2. The van der Waals surface area contributed by atoms with E-state index in [-0.39, 0.29) is 5.69 Å². The van der Waals surface area contributed by atoms with Gasteiger partial charge < -0.3 is 14.2 Å². The fraction of sp³-hybridized carbons (Fsp3) is 0.467. The molecule has 1 aliphatic heterocycles. The van der Waals surface area contributed by atoms with E-state index in [1.165, 1.54) is 7.11 Å². The van der Waals surface area contributed by atoms with E-state index >= 15 is 0 Å². The van der Waals surface area contributed by atoms with E-state index in [1.807, 2.05) is 25.4 Å². The van der Waals surface area contributed by atoms with Gasteiger partial charge in [-0.25, -0.2) is 9.78 Å². The van der Waals surface area contributed by atoms with Gasteiger partial charge in [0.05, 0.1) is 7.11 Å². The molecule has 2 aromatic rings. The summed E-state index contributed by atoms with van der Waals surface area (Å²) in [4.78, 5) is 17.9. The van der Waals surface area contributed by atoms with Crippen molar-refractivity contribution < 1.29 is 9.53 Å². The van der Waals surface area contributed by atoms with Crippen LogP contribution in [0.1, 0.15) is 29.2 Å². The van der Waals surface area contributed by atoms with Gasteiger partial charge in [-0.15, -0.1) is 10.2 Å². The minimum absolute atomic E-state index is 0.229. The number of imidazole rings is 1. The highest BCUT2D eigenvalue weighted by atomic mass is 16.5. The molecule has 1 fully saturated rings. The van der Waals surface area contributed by atoms with Crippen LogP contribution < -0.4 is 4.90 Å². The largest absolute Gasteiger partial charge is 0.464 e. The number of carbonyl (C=O) groups excluding carboxylic acids is 1. The van der Waals surface area contributed by atoms with Gasteiger partial charge in [0.2, 0.25) is 0 Å². The Bertz CT molecular complexity index is 652. The summed E-state index contributed by atoms with van der Waals surface area (Å²) < 4.78 is 6.79. The molecule has 0 saturated carbocycles. The van der Waals surface area contributed by atoms with Crippen molar-refractivity contribution in [3.05, 3.63) is 36.0 Å². The zero-order valence-corrected chi connectivity index (χ0v) is 12.8. The Hall–Kier alpha value is -2.44. The third-order valence-corrected chi connectivity index (χ3v) is 4.05. The molecular formula is C15H19N5O2. The monoisotopic (exact) mass is 301 g/mol. The fourth-order valence-electron chi connectivity index (χ4n) is 2.84. The average Bonchev–Trinajstić information content (AvgIpc) is 3.17. The first kappa shape index (κ1) is 14.5. The number of carbonyl (C=O) groups is 1. The molecule has 0 radical (unpaired) electrons. The molecule has 116 valence electrons. The van der Waals surface area contributed by atoms with Gasteiger partial charge in [0.25, 0.3) is 0 Å². The normalized spacial score (nSPS) is 17.7. The van der Waals surface area contributed by atoms with Gasteiger partial charge in [0.1, 0.15) is 5.82 Å². The number of rotatable bonds is 4. The molecule has 7 nitrogen and oxygen atoms in total. The SMILES string of the molecule is COC(=O)c1ccc(N2CCC[C@@H]2Cn2ccnc2C)nn1. The van der Waals surface area contributed by atoms with E-state index in [2.05, 4.69) is 29.4 Å². The Morgan fingerprint density at radius 3 is 2.91 bits per heavy atom. The minimum Gasteiger partial charge on any atom is -0.464 e. The van der Waals surface area contributed by atoms with Gasteiger partial charge in [0, 0.05) is 31.5 Å². The standard InChI is InChI=1S/C15H19N5O2/c1-11-16-7-9-19(11)10-12-4-3-8-20(12)14-6-5-13(17-18-14)15(21)22-2/h5-7,9,12H,3-4,8,10H2,1-2H3/t12-/m1/s1. The second kappa shape index (κ2) is 6.13. The van der Waals surface area contributed by atoms with Crippen LogP contribution in [-0.2, 0) is 11.3 Å². The maximum Gasteiger partial charge on any atom is 0.358 e. The van der Waals surface area contributed by atoms with Crippen molar-refractivity contribution >= 4 is 11.8 Å². The zero-order chi connectivity index (χ0) is 15.5. The highest BCUT2D eigenvalue weighted by Crippen LogP contribution is 2.24. The van der Waals surface area contributed by atoms with Crippen LogP contribution in [0.15, 0.2) is 24.5 Å². The number of esters is 1. The molecule has 7 heteroatoms. The number of methoxy groups -OCH3 is 1. The molecule has 3 rings (SSSR count). The topological polar surface area (TPSA) is 73.1 Å². The molecule has 0 aliphatic carbocycles. The maximum atomic E-state index is 11.4. The van der Waals surface area contributed by atoms with Crippen LogP contribution in [-0.4, -0.2) is 45.4 Å². The van der Waals surface area contributed by atoms with Crippen LogP contribution in [0.5, 0.6) is 0 Å². The second-order valence-corrected chi connectivity index (χ2v) is 5.38. The molecule has 1 atom stereocenters. The number of hydrogen-bond acceptors (Lipinski definition) is 6. The van der Waals surface area contributed by atoms with E-state index in [4.69, 9.17) is 0 Å². The fourth-order valence-corrected chi connectivity index (χ4v) is 2.84. The Balaban J connectivity index is 1.75. The summed E-state index contributed by atoms with van der Waals surface area (Å²) >= 11 is 0. The van der Waals surface area contributed by atoms with E-state index in [0.29, 0.717) is 6.04 Å². The maximum absolute atomic E-state index is 11.4. The number of aromatic nitrogens is 4. The quantitative estimate of drug-likeness (QED) is 0.796. The first-order valence-electron chi connectivity index (χ1n) is 7.35. The summed E-state index contributed by atoms with van der Waals surface area (Å²) in [7, 11) is 1.34. The molecule has 1 aliphatic rings. The summed E-state index contributed by atoms with van der Waals surface area (Å²) in [6.45, 7) is 3.83. The summed E-state index contributed by atoms with van der Waals surface area (Å²) in [6.07, 6.45) is 6.05. The van der Waals surface area contributed by atoms with E-state index in [0.717, 1.165) is 37.6 Å². The van der Waals surface area contributed by atoms with Crippen LogP contribution in [0, 0.1) is 6.92 Å². The van der Waals surface area contributed by atoms with Crippen LogP contribution in [0.4, 0.5) is 5.82 Å². The molecule has 2 aromatic heterocycles. The minimum atomic E-state index is -0.467. The van der Waals surface area contributed by atoms with Crippen molar-refractivity contribution in [2.45, 2.75) is 32.4 Å². The van der Waals surface area contributed by atoms with Crippen molar-refractivity contribution in [2.75, 3.05) is 18.6 Å². The number of aryl methyl sites for hydroxylation is 1. The van der Waals surface area contributed by atoms with E-state index < -0.39 is 5.97 Å². The van der Waals surface area contributed by atoms with Crippen LogP contribution in [0.2, 0.25) is 0 Å². The van der Waals surface area contributed by atoms with E-state index in [9.17, 15) is 4.79 Å². The molecule has 0 aromatic carbocycles. The Morgan fingerprint density at radius 2 is 2.27 bits per heavy atom. The second-order valence-electron chi connectivity index (χ2n) is 5.38. The van der Waals surface area contributed by atoms with Crippen molar-refractivity contribution in [2.24, 2.45) is 0 Å². The highest BCUT2D eigenvalue weighted by Gasteiger charge is 2.26. The molecule has 0 spiro atoms. The molecule has 0 N–H and O–H groups in total. The van der Waals surface area contributed by atoms with Gasteiger partial charge in [-0.1, -0.05) is 0 Å². The Labute approximate surface area is 128 Å². The van der Waals surface area contributed by atoms with Gasteiger partial charge >= 0.3 is 5.97 Å². The number of anilines is 1. The first-order valence-corrected chi connectivity index (χ1v) is 7.35. The van der Waals surface area contributed by atoms with Crippen molar-refractivity contribution in [3.8, 4) is 0 Å². The van der Waals surface area contributed by atoms with Gasteiger partial charge in [-0.2, -0.15) is 0 Å².